The lowest BCUT2D eigenvalue weighted by molar-refractivity contribution is 0.101. The second-order valence-electron chi connectivity index (χ2n) is 5.69. The third-order valence-electron chi connectivity index (χ3n) is 4.02. The largest absolute Gasteiger partial charge is 0.321 e. The Morgan fingerprint density at radius 1 is 1.39 bits per heavy atom. The van der Waals surface area contributed by atoms with E-state index in [2.05, 4.69) is 25.6 Å². The quantitative estimate of drug-likeness (QED) is 0.694. The molecule has 1 aliphatic carbocycles. The molecule has 3 aromatic rings. The van der Waals surface area contributed by atoms with Crippen LogP contribution in [0.15, 0.2) is 30.7 Å². The standard InChI is InChI=1S/C17H13N5O/c1-10(23)16-13(8-19-9-20-16)17-21-14-5-2-11(7-18)6-15(14)22(17)12-3-4-12/h2,5-6,8-9,12H,3-4H2,1H3. The van der Waals surface area contributed by atoms with Gasteiger partial charge >= 0.3 is 0 Å². The van der Waals surface area contributed by atoms with Gasteiger partial charge in [-0.2, -0.15) is 5.26 Å². The second-order valence-corrected chi connectivity index (χ2v) is 5.69. The molecule has 0 atom stereocenters. The summed E-state index contributed by atoms with van der Waals surface area (Å²) < 4.78 is 2.11. The van der Waals surface area contributed by atoms with Crippen molar-refractivity contribution in [2.24, 2.45) is 0 Å². The van der Waals surface area contributed by atoms with Crippen molar-refractivity contribution in [2.75, 3.05) is 0 Å². The van der Waals surface area contributed by atoms with Crippen LogP contribution in [-0.2, 0) is 0 Å². The van der Waals surface area contributed by atoms with Crippen molar-refractivity contribution in [3.63, 3.8) is 0 Å². The number of hydrogen-bond donors (Lipinski definition) is 0. The number of rotatable bonds is 3. The molecular weight excluding hydrogens is 290 g/mol. The van der Waals surface area contributed by atoms with Crippen LogP contribution in [0, 0.1) is 11.3 Å². The Morgan fingerprint density at radius 2 is 2.22 bits per heavy atom. The average Bonchev–Trinajstić information content (AvgIpc) is 3.34. The van der Waals surface area contributed by atoms with Crippen LogP contribution < -0.4 is 0 Å². The van der Waals surface area contributed by atoms with Crippen molar-refractivity contribution in [1.82, 2.24) is 19.5 Å². The van der Waals surface area contributed by atoms with E-state index in [4.69, 9.17) is 5.26 Å². The Bertz CT molecular complexity index is 978. The highest BCUT2D eigenvalue weighted by molar-refractivity contribution is 5.98. The summed E-state index contributed by atoms with van der Waals surface area (Å²) in [6.45, 7) is 1.49. The maximum Gasteiger partial charge on any atom is 0.178 e. The van der Waals surface area contributed by atoms with Gasteiger partial charge in [-0.05, 0) is 31.0 Å². The lowest BCUT2D eigenvalue weighted by atomic mass is 10.1. The van der Waals surface area contributed by atoms with Crippen molar-refractivity contribution in [3.8, 4) is 17.5 Å². The molecule has 23 heavy (non-hydrogen) atoms. The number of fused-ring (bicyclic) bond motifs is 1. The van der Waals surface area contributed by atoms with Gasteiger partial charge in [0.15, 0.2) is 5.78 Å². The van der Waals surface area contributed by atoms with Gasteiger partial charge < -0.3 is 4.57 Å². The lowest BCUT2D eigenvalue weighted by Gasteiger charge is -2.09. The molecule has 0 amide bonds. The maximum atomic E-state index is 11.9. The molecule has 0 saturated heterocycles. The number of benzene rings is 1. The van der Waals surface area contributed by atoms with Gasteiger partial charge in [-0.1, -0.05) is 0 Å². The van der Waals surface area contributed by atoms with E-state index >= 15 is 0 Å². The van der Waals surface area contributed by atoms with E-state index in [0.29, 0.717) is 28.7 Å². The van der Waals surface area contributed by atoms with E-state index in [1.54, 1.807) is 12.3 Å². The first-order chi connectivity index (χ1) is 11.2. The molecule has 0 bridgehead atoms. The van der Waals surface area contributed by atoms with E-state index in [1.165, 1.54) is 13.3 Å². The van der Waals surface area contributed by atoms with E-state index in [0.717, 1.165) is 23.9 Å². The summed E-state index contributed by atoms with van der Waals surface area (Å²) in [5, 5.41) is 9.14. The van der Waals surface area contributed by atoms with Gasteiger partial charge in [0.1, 0.15) is 17.8 Å². The minimum atomic E-state index is -0.116. The van der Waals surface area contributed by atoms with Gasteiger partial charge in [-0.3, -0.25) is 4.79 Å². The third kappa shape index (κ3) is 2.18. The van der Waals surface area contributed by atoms with E-state index in [-0.39, 0.29) is 5.78 Å². The molecule has 0 N–H and O–H groups in total. The minimum Gasteiger partial charge on any atom is -0.321 e. The number of nitriles is 1. The highest BCUT2D eigenvalue weighted by atomic mass is 16.1. The summed E-state index contributed by atoms with van der Waals surface area (Å²) >= 11 is 0. The number of hydrogen-bond acceptors (Lipinski definition) is 5. The predicted octanol–water partition coefficient (Wildman–Crippen LogP) is 2.90. The second kappa shape index (κ2) is 4.99. The molecule has 112 valence electrons. The van der Waals surface area contributed by atoms with Crippen molar-refractivity contribution in [1.29, 1.82) is 5.26 Å². The normalized spacial score (nSPS) is 13.9. The topological polar surface area (TPSA) is 84.5 Å². The summed E-state index contributed by atoms with van der Waals surface area (Å²) in [7, 11) is 0. The first-order valence-corrected chi connectivity index (χ1v) is 7.42. The Morgan fingerprint density at radius 3 is 2.91 bits per heavy atom. The van der Waals surface area contributed by atoms with E-state index in [9.17, 15) is 4.79 Å². The zero-order chi connectivity index (χ0) is 16.0. The molecule has 0 radical (unpaired) electrons. The molecule has 0 unspecified atom stereocenters. The van der Waals surface area contributed by atoms with Crippen molar-refractivity contribution >= 4 is 16.8 Å². The third-order valence-corrected chi connectivity index (χ3v) is 4.02. The van der Waals surface area contributed by atoms with E-state index < -0.39 is 0 Å². The number of ketones is 1. The molecule has 6 nitrogen and oxygen atoms in total. The van der Waals surface area contributed by atoms with Crippen LogP contribution in [0.3, 0.4) is 0 Å². The zero-order valence-corrected chi connectivity index (χ0v) is 12.5. The van der Waals surface area contributed by atoms with Gasteiger partial charge in [-0.25, -0.2) is 15.0 Å². The molecule has 1 saturated carbocycles. The number of aromatic nitrogens is 4. The molecule has 1 fully saturated rings. The Hall–Kier alpha value is -3.07. The first kappa shape index (κ1) is 13.6. The fourth-order valence-corrected chi connectivity index (χ4v) is 2.83. The minimum absolute atomic E-state index is 0.116. The highest BCUT2D eigenvalue weighted by Gasteiger charge is 2.30. The van der Waals surface area contributed by atoms with Crippen LogP contribution >= 0.6 is 0 Å². The van der Waals surface area contributed by atoms with Crippen LogP contribution in [0.4, 0.5) is 0 Å². The number of nitrogens with zero attached hydrogens (tertiary/aromatic N) is 5. The van der Waals surface area contributed by atoms with Crippen LogP contribution in [0.25, 0.3) is 22.4 Å². The Labute approximate surface area is 132 Å². The smallest absolute Gasteiger partial charge is 0.178 e. The summed E-state index contributed by atoms with van der Waals surface area (Å²) in [6, 6.07) is 7.96. The van der Waals surface area contributed by atoms with Gasteiger partial charge in [0.2, 0.25) is 0 Å². The Kier molecular flexibility index (Phi) is 2.95. The van der Waals surface area contributed by atoms with Gasteiger partial charge in [0.05, 0.1) is 28.2 Å². The molecule has 1 aromatic carbocycles. The zero-order valence-electron chi connectivity index (χ0n) is 12.5. The van der Waals surface area contributed by atoms with Gasteiger partial charge in [0.25, 0.3) is 0 Å². The van der Waals surface area contributed by atoms with Crippen LogP contribution in [0.2, 0.25) is 0 Å². The summed E-state index contributed by atoms with van der Waals surface area (Å²) in [5.41, 5.74) is 3.34. The summed E-state index contributed by atoms with van der Waals surface area (Å²) in [6.07, 6.45) is 5.14. The first-order valence-electron chi connectivity index (χ1n) is 7.42. The molecule has 6 heteroatoms. The van der Waals surface area contributed by atoms with Crippen molar-refractivity contribution in [3.05, 3.63) is 42.0 Å². The summed E-state index contributed by atoms with van der Waals surface area (Å²) in [4.78, 5) is 24.7. The van der Waals surface area contributed by atoms with Crippen LogP contribution in [-0.4, -0.2) is 25.3 Å². The fraction of sp³-hybridized carbons (Fsp3) is 0.235. The maximum absolute atomic E-state index is 11.9. The number of carbonyl (C=O) groups is 1. The molecule has 2 heterocycles. The van der Waals surface area contributed by atoms with E-state index in [1.807, 2.05) is 12.1 Å². The molecule has 4 rings (SSSR count). The number of Topliss-reactive ketones (excluding diaryl/α,β-unsaturated/α-hetero) is 1. The number of imidazole rings is 1. The highest BCUT2D eigenvalue weighted by Crippen LogP contribution is 2.41. The molecule has 0 aliphatic heterocycles. The molecule has 2 aromatic heterocycles. The van der Waals surface area contributed by atoms with Gasteiger partial charge in [0, 0.05) is 19.2 Å². The molecular formula is C17H13N5O. The lowest BCUT2D eigenvalue weighted by Crippen LogP contribution is -2.05. The Balaban J connectivity index is 2.03. The van der Waals surface area contributed by atoms with Crippen molar-refractivity contribution in [2.45, 2.75) is 25.8 Å². The van der Waals surface area contributed by atoms with Crippen LogP contribution in [0.5, 0.6) is 0 Å². The van der Waals surface area contributed by atoms with Gasteiger partial charge in [-0.15, -0.1) is 0 Å². The van der Waals surface area contributed by atoms with Crippen LogP contribution in [0.1, 0.15) is 41.9 Å². The fourth-order valence-electron chi connectivity index (χ4n) is 2.83. The predicted molar refractivity (Wildman–Crippen MR) is 83.7 cm³/mol. The molecule has 0 spiro atoms. The van der Waals surface area contributed by atoms with Crippen molar-refractivity contribution < 1.29 is 4.79 Å². The monoisotopic (exact) mass is 303 g/mol. The number of carbonyl (C=O) groups excluding carboxylic acids is 1. The average molecular weight is 303 g/mol. The SMILES string of the molecule is CC(=O)c1ncncc1-c1nc2ccc(C#N)cc2n1C1CC1. The molecule has 1 aliphatic rings. The summed E-state index contributed by atoms with van der Waals surface area (Å²) in [5.74, 6) is 0.581.